The van der Waals surface area contributed by atoms with Crippen molar-refractivity contribution in [1.29, 1.82) is 0 Å². The fourth-order valence-electron chi connectivity index (χ4n) is 2.87. The summed E-state index contributed by atoms with van der Waals surface area (Å²) in [5, 5.41) is 0.931. The molecule has 21 heavy (non-hydrogen) atoms. The molecule has 4 nitrogen and oxygen atoms in total. The molecular formula is C16H21ClN2O2. The van der Waals surface area contributed by atoms with Crippen molar-refractivity contribution in [2.75, 3.05) is 19.6 Å². The van der Waals surface area contributed by atoms with Crippen LogP contribution in [0.1, 0.15) is 30.1 Å². The van der Waals surface area contributed by atoms with Gasteiger partial charge in [0.15, 0.2) is 0 Å². The highest BCUT2D eigenvalue weighted by molar-refractivity contribution is 6.03. The number of piperidine rings is 1. The number of likely N-dealkylation sites (tertiary alicyclic amines) is 1. The molecule has 0 bridgehead atoms. The normalized spacial score (nSPS) is 19.2. The van der Waals surface area contributed by atoms with Crippen LogP contribution in [0.25, 0.3) is 10.9 Å². The summed E-state index contributed by atoms with van der Waals surface area (Å²) in [6, 6.07) is 7.60. The van der Waals surface area contributed by atoms with Gasteiger partial charge in [0.25, 0.3) is 0 Å². The van der Waals surface area contributed by atoms with Gasteiger partial charge in [-0.2, -0.15) is 0 Å². The zero-order valence-corrected chi connectivity index (χ0v) is 13.0. The number of nitrogens with zero attached hydrogens (tertiary/aromatic N) is 1. The van der Waals surface area contributed by atoms with E-state index in [4.69, 9.17) is 4.74 Å². The van der Waals surface area contributed by atoms with Gasteiger partial charge in [-0.15, -0.1) is 12.4 Å². The molecular weight excluding hydrogens is 288 g/mol. The van der Waals surface area contributed by atoms with Crippen LogP contribution in [0.4, 0.5) is 0 Å². The Morgan fingerprint density at radius 1 is 1.43 bits per heavy atom. The van der Waals surface area contributed by atoms with E-state index in [9.17, 15) is 4.79 Å². The van der Waals surface area contributed by atoms with Crippen molar-refractivity contribution in [1.82, 2.24) is 9.88 Å². The van der Waals surface area contributed by atoms with Crippen LogP contribution in [0.15, 0.2) is 30.5 Å². The van der Waals surface area contributed by atoms with Crippen molar-refractivity contribution in [2.45, 2.75) is 25.9 Å². The quantitative estimate of drug-likeness (QED) is 0.886. The van der Waals surface area contributed by atoms with Crippen molar-refractivity contribution >= 4 is 29.3 Å². The van der Waals surface area contributed by atoms with Gasteiger partial charge in [-0.3, -0.25) is 4.90 Å². The third kappa shape index (κ3) is 3.39. The summed E-state index contributed by atoms with van der Waals surface area (Å²) in [5.74, 6) is -0.210. The molecule has 0 spiro atoms. The maximum absolute atomic E-state index is 12.4. The lowest BCUT2D eigenvalue weighted by Gasteiger charge is -2.31. The number of likely N-dealkylation sites (N-methyl/N-ethyl adjacent to an activating group) is 1. The molecule has 1 aromatic carbocycles. The monoisotopic (exact) mass is 308 g/mol. The van der Waals surface area contributed by atoms with E-state index in [1.807, 2.05) is 30.5 Å². The molecule has 0 radical (unpaired) electrons. The SMILES string of the molecule is CCN1CCCC(OC(=O)c2cccc3[nH]ccc23)C1.Cl. The van der Waals surface area contributed by atoms with Crippen molar-refractivity contribution in [3.8, 4) is 0 Å². The lowest BCUT2D eigenvalue weighted by molar-refractivity contribution is 0.00795. The Kier molecular flexibility index (Phi) is 5.26. The summed E-state index contributed by atoms with van der Waals surface area (Å²) < 4.78 is 5.69. The second-order valence-electron chi connectivity index (χ2n) is 5.31. The zero-order valence-electron chi connectivity index (χ0n) is 12.2. The van der Waals surface area contributed by atoms with E-state index in [0.717, 1.165) is 43.4 Å². The van der Waals surface area contributed by atoms with E-state index in [-0.39, 0.29) is 24.5 Å². The molecule has 2 heterocycles. The van der Waals surface area contributed by atoms with Gasteiger partial charge >= 0.3 is 5.97 Å². The summed E-state index contributed by atoms with van der Waals surface area (Å²) in [7, 11) is 0. The Morgan fingerprint density at radius 2 is 2.29 bits per heavy atom. The van der Waals surface area contributed by atoms with Crippen molar-refractivity contribution in [3.63, 3.8) is 0 Å². The number of hydrogen-bond acceptors (Lipinski definition) is 3. The Labute approximate surface area is 130 Å². The molecule has 1 fully saturated rings. The van der Waals surface area contributed by atoms with Gasteiger partial charge in [0.2, 0.25) is 0 Å². The van der Waals surface area contributed by atoms with Gasteiger partial charge < -0.3 is 9.72 Å². The molecule has 3 rings (SSSR count). The van der Waals surface area contributed by atoms with E-state index in [1.54, 1.807) is 0 Å². The average Bonchev–Trinajstić information content (AvgIpc) is 2.95. The average molecular weight is 309 g/mol. The predicted molar refractivity (Wildman–Crippen MR) is 86.1 cm³/mol. The second kappa shape index (κ2) is 6.96. The van der Waals surface area contributed by atoms with E-state index in [0.29, 0.717) is 5.56 Å². The van der Waals surface area contributed by atoms with E-state index in [2.05, 4.69) is 16.8 Å². The molecule has 0 aliphatic carbocycles. The van der Waals surface area contributed by atoms with Gasteiger partial charge in [-0.1, -0.05) is 13.0 Å². The first-order valence-electron chi connectivity index (χ1n) is 7.27. The highest BCUT2D eigenvalue weighted by Crippen LogP contribution is 2.20. The van der Waals surface area contributed by atoms with Crippen LogP contribution in [0.3, 0.4) is 0 Å². The minimum atomic E-state index is -0.210. The number of hydrogen-bond donors (Lipinski definition) is 1. The highest BCUT2D eigenvalue weighted by atomic mass is 35.5. The number of esters is 1. The highest BCUT2D eigenvalue weighted by Gasteiger charge is 2.23. The molecule has 114 valence electrons. The number of aromatic nitrogens is 1. The topological polar surface area (TPSA) is 45.3 Å². The fraction of sp³-hybridized carbons (Fsp3) is 0.438. The largest absolute Gasteiger partial charge is 0.457 e. The number of nitrogens with one attached hydrogen (secondary N) is 1. The molecule has 2 aromatic rings. The number of carbonyl (C=O) groups is 1. The molecule has 1 unspecified atom stereocenters. The van der Waals surface area contributed by atoms with Crippen LogP contribution in [0, 0.1) is 0 Å². The van der Waals surface area contributed by atoms with E-state index < -0.39 is 0 Å². The number of rotatable bonds is 3. The van der Waals surface area contributed by atoms with Gasteiger partial charge in [0.1, 0.15) is 6.10 Å². The van der Waals surface area contributed by atoms with Crippen LogP contribution in [0.2, 0.25) is 0 Å². The van der Waals surface area contributed by atoms with Crippen molar-refractivity contribution in [3.05, 3.63) is 36.0 Å². The maximum atomic E-state index is 12.4. The van der Waals surface area contributed by atoms with E-state index >= 15 is 0 Å². The minimum absolute atomic E-state index is 0. The van der Waals surface area contributed by atoms with Crippen molar-refractivity contribution < 1.29 is 9.53 Å². The molecule has 1 aliphatic rings. The van der Waals surface area contributed by atoms with Crippen LogP contribution < -0.4 is 0 Å². The molecule has 1 saturated heterocycles. The molecule has 1 atom stereocenters. The van der Waals surface area contributed by atoms with Crippen LogP contribution in [-0.4, -0.2) is 41.6 Å². The molecule has 1 N–H and O–H groups in total. The first-order valence-corrected chi connectivity index (χ1v) is 7.27. The van der Waals surface area contributed by atoms with Gasteiger partial charge in [-0.05, 0) is 44.1 Å². The number of aromatic amines is 1. The number of benzene rings is 1. The lowest BCUT2D eigenvalue weighted by Crippen LogP contribution is -2.40. The first-order chi connectivity index (χ1) is 9.78. The van der Waals surface area contributed by atoms with Crippen LogP contribution in [-0.2, 0) is 4.74 Å². The first kappa shape index (κ1) is 15.9. The third-order valence-corrected chi connectivity index (χ3v) is 4.00. The summed E-state index contributed by atoms with van der Waals surface area (Å²) in [6.45, 7) is 5.12. The standard InChI is InChI=1S/C16H20N2O2.ClH/c1-2-18-10-4-5-12(11-18)20-16(19)14-6-3-7-15-13(14)8-9-17-15;/h3,6-9,12,17H,2,4-5,10-11H2,1H3;1H. The smallest absolute Gasteiger partial charge is 0.339 e. The zero-order chi connectivity index (χ0) is 13.9. The van der Waals surface area contributed by atoms with Gasteiger partial charge in [0, 0.05) is 23.6 Å². The Bertz CT molecular complexity index is 611. The van der Waals surface area contributed by atoms with Gasteiger partial charge in [-0.25, -0.2) is 4.79 Å². The van der Waals surface area contributed by atoms with E-state index in [1.165, 1.54) is 0 Å². The summed E-state index contributed by atoms with van der Waals surface area (Å²) in [4.78, 5) is 17.8. The molecule has 0 amide bonds. The number of halogens is 1. The molecule has 5 heteroatoms. The number of carbonyl (C=O) groups excluding carboxylic acids is 1. The second-order valence-corrected chi connectivity index (χ2v) is 5.31. The lowest BCUT2D eigenvalue weighted by atomic mass is 10.1. The fourth-order valence-corrected chi connectivity index (χ4v) is 2.87. The molecule has 1 aromatic heterocycles. The summed E-state index contributed by atoms with van der Waals surface area (Å²) in [6.07, 6.45) is 3.93. The predicted octanol–water partition coefficient (Wildman–Crippen LogP) is 3.23. The number of fused-ring (bicyclic) bond motifs is 1. The number of ether oxygens (including phenoxy) is 1. The Morgan fingerprint density at radius 3 is 3.10 bits per heavy atom. The molecule has 1 aliphatic heterocycles. The third-order valence-electron chi connectivity index (χ3n) is 4.00. The van der Waals surface area contributed by atoms with Crippen molar-refractivity contribution in [2.24, 2.45) is 0 Å². The van der Waals surface area contributed by atoms with Crippen LogP contribution in [0.5, 0.6) is 0 Å². The Hall–Kier alpha value is -1.52. The minimum Gasteiger partial charge on any atom is -0.457 e. The van der Waals surface area contributed by atoms with Gasteiger partial charge in [0.05, 0.1) is 5.56 Å². The number of H-pyrrole nitrogens is 1. The van der Waals surface area contributed by atoms with Crippen LogP contribution >= 0.6 is 12.4 Å². The summed E-state index contributed by atoms with van der Waals surface area (Å²) in [5.41, 5.74) is 1.62. The summed E-state index contributed by atoms with van der Waals surface area (Å²) >= 11 is 0. The molecule has 0 saturated carbocycles. The Balaban J connectivity index is 0.00000161. The maximum Gasteiger partial charge on any atom is 0.339 e.